The molecule has 124 valence electrons. The van der Waals surface area contributed by atoms with Crippen molar-refractivity contribution in [3.8, 4) is 11.5 Å². The lowest BCUT2D eigenvalue weighted by atomic mass is 10.1. The monoisotopic (exact) mass is 343 g/mol. The molecular formula is C17H17N3O3S. The summed E-state index contributed by atoms with van der Waals surface area (Å²) in [5, 5.41) is 3.33. The fraction of sp³-hybridized carbons (Fsp3) is 0.176. The summed E-state index contributed by atoms with van der Waals surface area (Å²) in [5.41, 5.74) is 8.80. The van der Waals surface area contributed by atoms with Crippen LogP contribution >= 0.6 is 12.2 Å². The largest absolute Gasteiger partial charge is 0.454 e. The zero-order valence-electron chi connectivity index (χ0n) is 13.3. The molecule has 0 fully saturated rings. The van der Waals surface area contributed by atoms with Crippen LogP contribution in [-0.4, -0.2) is 17.8 Å². The van der Waals surface area contributed by atoms with E-state index in [2.05, 4.69) is 22.2 Å². The van der Waals surface area contributed by atoms with Crippen LogP contribution in [0, 0.1) is 13.8 Å². The van der Waals surface area contributed by atoms with Crippen LogP contribution in [0.4, 0.5) is 5.69 Å². The second-order valence-electron chi connectivity index (χ2n) is 5.48. The molecule has 3 rings (SSSR count). The number of carbonyl (C=O) groups excluding carboxylic acids is 1. The van der Waals surface area contributed by atoms with Crippen molar-refractivity contribution in [3.05, 3.63) is 53.1 Å². The summed E-state index contributed by atoms with van der Waals surface area (Å²) in [6.45, 7) is 4.19. The number of benzene rings is 2. The average molecular weight is 343 g/mol. The third kappa shape index (κ3) is 3.75. The highest BCUT2D eigenvalue weighted by Gasteiger charge is 2.16. The number of carbonyl (C=O) groups is 1. The molecule has 7 heteroatoms. The molecule has 3 N–H and O–H groups in total. The van der Waals surface area contributed by atoms with E-state index in [0.29, 0.717) is 22.2 Å². The summed E-state index contributed by atoms with van der Waals surface area (Å²) in [7, 11) is 0. The number of amides is 1. The molecule has 0 aromatic heterocycles. The van der Waals surface area contributed by atoms with Crippen molar-refractivity contribution in [1.29, 1.82) is 0 Å². The van der Waals surface area contributed by atoms with E-state index in [1.165, 1.54) is 0 Å². The minimum absolute atomic E-state index is 0.169. The molecule has 1 aliphatic rings. The maximum Gasteiger partial charge on any atom is 0.269 e. The fourth-order valence-electron chi connectivity index (χ4n) is 2.43. The van der Waals surface area contributed by atoms with Gasteiger partial charge in [-0.3, -0.25) is 15.6 Å². The van der Waals surface area contributed by atoms with Crippen LogP contribution < -0.4 is 25.6 Å². The van der Waals surface area contributed by atoms with Gasteiger partial charge in [0.1, 0.15) is 0 Å². The minimum atomic E-state index is -0.321. The molecule has 0 bridgehead atoms. The third-order valence-electron chi connectivity index (χ3n) is 3.40. The van der Waals surface area contributed by atoms with Crippen molar-refractivity contribution < 1.29 is 14.3 Å². The molecule has 1 aliphatic heterocycles. The number of hydrogen-bond donors (Lipinski definition) is 3. The first-order chi connectivity index (χ1) is 11.5. The highest BCUT2D eigenvalue weighted by molar-refractivity contribution is 7.80. The van der Waals surface area contributed by atoms with Crippen LogP contribution in [0.15, 0.2) is 36.4 Å². The van der Waals surface area contributed by atoms with Gasteiger partial charge in [-0.1, -0.05) is 6.07 Å². The van der Waals surface area contributed by atoms with E-state index in [9.17, 15) is 4.79 Å². The first-order valence-electron chi connectivity index (χ1n) is 7.36. The van der Waals surface area contributed by atoms with Crippen molar-refractivity contribution in [2.24, 2.45) is 0 Å². The van der Waals surface area contributed by atoms with E-state index in [1.54, 1.807) is 18.2 Å². The summed E-state index contributed by atoms with van der Waals surface area (Å²) < 4.78 is 10.5. The zero-order chi connectivity index (χ0) is 17.1. The Morgan fingerprint density at radius 2 is 1.71 bits per heavy atom. The summed E-state index contributed by atoms with van der Waals surface area (Å²) >= 11 is 5.19. The lowest BCUT2D eigenvalue weighted by Gasteiger charge is -2.13. The summed E-state index contributed by atoms with van der Waals surface area (Å²) in [5.74, 6) is 0.864. The second-order valence-corrected chi connectivity index (χ2v) is 5.89. The van der Waals surface area contributed by atoms with E-state index < -0.39 is 0 Å². The smallest absolute Gasteiger partial charge is 0.269 e. The SMILES string of the molecule is Cc1cc(C)cc(NC(=S)NNC(=O)c2ccc3c(c2)OCO3)c1. The van der Waals surface area contributed by atoms with Gasteiger partial charge in [0.15, 0.2) is 16.6 Å². The van der Waals surface area contributed by atoms with Crippen molar-refractivity contribution >= 4 is 28.9 Å². The minimum Gasteiger partial charge on any atom is -0.454 e. The Kier molecular flexibility index (Phi) is 4.52. The van der Waals surface area contributed by atoms with Crippen LogP contribution in [0.25, 0.3) is 0 Å². The molecule has 6 nitrogen and oxygen atoms in total. The van der Waals surface area contributed by atoms with Crippen molar-refractivity contribution in [1.82, 2.24) is 10.9 Å². The van der Waals surface area contributed by atoms with Gasteiger partial charge in [0.25, 0.3) is 5.91 Å². The number of hydrogen-bond acceptors (Lipinski definition) is 4. The number of nitrogens with one attached hydrogen (secondary N) is 3. The van der Waals surface area contributed by atoms with Crippen molar-refractivity contribution in [2.45, 2.75) is 13.8 Å². The highest BCUT2D eigenvalue weighted by atomic mass is 32.1. The number of rotatable bonds is 2. The van der Waals surface area contributed by atoms with Crippen LogP contribution in [0.3, 0.4) is 0 Å². The van der Waals surface area contributed by atoms with E-state index in [4.69, 9.17) is 21.7 Å². The highest BCUT2D eigenvalue weighted by Crippen LogP contribution is 2.32. The van der Waals surface area contributed by atoms with Gasteiger partial charge in [-0.05, 0) is 67.5 Å². The normalized spacial score (nSPS) is 11.8. The maximum absolute atomic E-state index is 12.2. The molecule has 0 radical (unpaired) electrons. The van der Waals surface area contributed by atoms with E-state index >= 15 is 0 Å². The van der Waals surface area contributed by atoms with Crippen LogP contribution in [0.5, 0.6) is 11.5 Å². The molecule has 2 aromatic carbocycles. The van der Waals surface area contributed by atoms with Crippen molar-refractivity contribution in [2.75, 3.05) is 12.1 Å². The Morgan fingerprint density at radius 3 is 2.46 bits per heavy atom. The van der Waals surface area contributed by atoms with Gasteiger partial charge in [0.05, 0.1) is 0 Å². The summed E-state index contributed by atoms with van der Waals surface area (Å²) in [6.07, 6.45) is 0. The number of fused-ring (bicyclic) bond motifs is 1. The van der Waals surface area contributed by atoms with E-state index in [1.807, 2.05) is 26.0 Å². The number of thiocarbonyl (C=S) groups is 1. The zero-order valence-corrected chi connectivity index (χ0v) is 14.1. The summed E-state index contributed by atoms with van der Waals surface area (Å²) in [6, 6.07) is 11.0. The second kappa shape index (κ2) is 6.76. The van der Waals surface area contributed by atoms with Crippen molar-refractivity contribution in [3.63, 3.8) is 0 Å². The Labute approximate surface area is 145 Å². The number of aryl methyl sites for hydroxylation is 2. The molecular weight excluding hydrogens is 326 g/mol. The van der Waals surface area contributed by atoms with Gasteiger partial charge >= 0.3 is 0 Å². The molecule has 2 aromatic rings. The Bertz CT molecular complexity index is 787. The molecule has 1 heterocycles. The molecule has 0 saturated heterocycles. The molecule has 1 amide bonds. The summed E-state index contributed by atoms with van der Waals surface area (Å²) in [4.78, 5) is 12.2. The van der Waals surface area contributed by atoms with Crippen LogP contribution in [0.2, 0.25) is 0 Å². The molecule has 0 spiro atoms. The predicted molar refractivity (Wildman–Crippen MR) is 95.3 cm³/mol. The van der Waals surface area contributed by atoms with Crippen LogP contribution in [-0.2, 0) is 0 Å². The predicted octanol–water partition coefficient (Wildman–Crippen LogP) is 2.66. The molecule has 24 heavy (non-hydrogen) atoms. The number of anilines is 1. The van der Waals surface area contributed by atoms with Crippen LogP contribution in [0.1, 0.15) is 21.5 Å². The molecule has 0 saturated carbocycles. The quantitative estimate of drug-likeness (QED) is 0.575. The van der Waals surface area contributed by atoms with Gasteiger partial charge in [0, 0.05) is 11.3 Å². The van der Waals surface area contributed by atoms with Gasteiger partial charge in [-0.2, -0.15) is 0 Å². The van der Waals surface area contributed by atoms with E-state index in [-0.39, 0.29) is 12.7 Å². The average Bonchev–Trinajstić information content (AvgIpc) is 2.99. The maximum atomic E-state index is 12.2. The topological polar surface area (TPSA) is 71.6 Å². The van der Waals surface area contributed by atoms with Gasteiger partial charge in [-0.15, -0.1) is 0 Å². The Balaban J connectivity index is 1.56. The molecule has 0 aliphatic carbocycles. The fourth-order valence-corrected chi connectivity index (χ4v) is 2.60. The van der Waals surface area contributed by atoms with Gasteiger partial charge in [0.2, 0.25) is 6.79 Å². The number of hydrazine groups is 1. The third-order valence-corrected chi connectivity index (χ3v) is 3.61. The first kappa shape index (κ1) is 16.1. The Morgan fingerprint density at radius 1 is 1.00 bits per heavy atom. The lowest BCUT2D eigenvalue weighted by Crippen LogP contribution is -2.43. The van der Waals surface area contributed by atoms with Gasteiger partial charge < -0.3 is 14.8 Å². The molecule has 0 unspecified atom stereocenters. The lowest BCUT2D eigenvalue weighted by molar-refractivity contribution is 0.0943. The first-order valence-corrected chi connectivity index (χ1v) is 7.77. The van der Waals surface area contributed by atoms with E-state index in [0.717, 1.165) is 16.8 Å². The van der Waals surface area contributed by atoms with Gasteiger partial charge in [-0.25, -0.2) is 0 Å². The Hall–Kier alpha value is -2.80. The standard InChI is InChI=1S/C17H17N3O3S/c1-10-5-11(2)7-13(6-10)18-17(24)20-19-16(21)12-3-4-14-15(8-12)23-9-22-14/h3-8H,9H2,1-2H3,(H,19,21)(H2,18,20,24). The number of ether oxygens (including phenoxy) is 2. The molecule has 0 atom stereocenters.